The second-order valence-corrected chi connectivity index (χ2v) is 8.21. The van der Waals surface area contributed by atoms with Gasteiger partial charge in [0.25, 0.3) is 0 Å². The van der Waals surface area contributed by atoms with Crippen molar-refractivity contribution >= 4 is 5.78 Å². The molecule has 0 unspecified atom stereocenters. The molecule has 24 heavy (non-hydrogen) atoms. The van der Waals surface area contributed by atoms with E-state index < -0.39 is 17.5 Å². The lowest BCUT2D eigenvalue weighted by Crippen LogP contribution is -2.43. The number of Topliss-reactive ketones (excluding diaryl/α,β-unsaturated/α-hetero) is 1. The molecule has 0 amide bonds. The molecule has 4 rings (SSSR count). The number of alkyl halides is 3. The number of nitrogens with zero attached hydrogens (tertiary/aromatic N) is 2. The predicted octanol–water partition coefficient (Wildman–Crippen LogP) is 4.26. The van der Waals surface area contributed by atoms with Gasteiger partial charge in [0.05, 0.1) is 12.5 Å². The van der Waals surface area contributed by atoms with Crippen LogP contribution in [0, 0.1) is 16.7 Å². The van der Waals surface area contributed by atoms with Crippen LogP contribution in [0.4, 0.5) is 13.2 Å². The summed E-state index contributed by atoms with van der Waals surface area (Å²) >= 11 is 0. The van der Waals surface area contributed by atoms with E-state index in [4.69, 9.17) is 0 Å². The van der Waals surface area contributed by atoms with Gasteiger partial charge in [0.15, 0.2) is 11.6 Å². The summed E-state index contributed by atoms with van der Waals surface area (Å²) in [6, 6.07) is 0. The van der Waals surface area contributed by atoms with Gasteiger partial charge in [0.1, 0.15) is 0 Å². The van der Waals surface area contributed by atoms with Gasteiger partial charge < -0.3 is 5.32 Å². The maximum atomic E-state index is 13.3. The molecule has 2 atom stereocenters. The summed E-state index contributed by atoms with van der Waals surface area (Å²) in [5.74, 6) is -0.807. The van der Waals surface area contributed by atoms with Crippen LogP contribution in [-0.4, -0.2) is 18.5 Å². The Balaban J connectivity index is 1.82. The number of hydrogen-bond acceptors (Lipinski definition) is 4. The van der Waals surface area contributed by atoms with Crippen molar-refractivity contribution in [2.75, 3.05) is 6.54 Å². The summed E-state index contributed by atoms with van der Waals surface area (Å²) < 4.78 is 39.9. The normalized spacial score (nSPS) is 34.7. The fourth-order valence-electron chi connectivity index (χ4n) is 4.89. The molecule has 4 nitrogen and oxygen atoms in total. The Kier molecular flexibility index (Phi) is 3.10. The molecule has 1 N–H and O–H groups in total. The third kappa shape index (κ3) is 2.16. The number of carbonyl (C=O) groups is 1. The predicted molar refractivity (Wildman–Crippen MR) is 80.8 cm³/mol. The molecule has 0 aromatic carbocycles. The quantitative estimate of drug-likeness (QED) is 0.717. The first kappa shape index (κ1) is 15.8. The van der Waals surface area contributed by atoms with Gasteiger partial charge in [-0.05, 0) is 31.1 Å². The van der Waals surface area contributed by atoms with Gasteiger partial charge in [-0.3, -0.25) is 4.79 Å². The monoisotopic (exact) mass is 339 g/mol. The van der Waals surface area contributed by atoms with E-state index in [1.54, 1.807) is 0 Å². The summed E-state index contributed by atoms with van der Waals surface area (Å²) in [4.78, 5) is 12.9. The Morgan fingerprint density at radius 2 is 2.00 bits per heavy atom. The van der Waals surface area contributed by atoms with Crippen molar-refractivity contribution in [2.45, 2.75) is 52.1 Å². The minimum atomic E-state index is -4.22. The van der Waals surface area contributed by atoms with Gasteiger partial charge in [-0.25, -0.2) is 0 Å². The van der Waals surface area contributed by atoms with Crippen LogP contribution < -0.4 is 5.32 Å². The molecule has 0 bridgehead atoms. The van der Waals surface area contributed by atoms with Crippen LogP contribution in [0.5, 0.6) is 0 Å². The number of allylic oxidation sites excluding steroid dienone is 2. The van der Waals surface area contributed by atoms with Crippen molar-refractivity contribution in [3.8, 4) is 0 Å². The number of azo groups is 1. The van der Waals surface area contributed by atoms with Crippen LogP contribution in [0.3, 0.4) is 0 Å². The van der Waals surface area contributed by atoms with Gasteiger partial charge in [-0.1, -0.05) is 13.8 Å². The van der Waals surface area contributed by atoms with E-state index in [9.17, 15) is 18.0 Å². The van der Waals surface area contributed by atoms with E-state index >= 15 is 0 Å². The zero-order chi connectivity index (χ0) is 17.3. The van der Waals surface area contributed by atoms with Crippen LogP contribution in [0.1, 0.15) is 46.0 Å². The minimum Gasteiger partial charge on any atom is -0.342 e. The summed E-state index contributed by atoms with van der Waals surface area (Å²) in [7, 11) is 0. The average molecular weight is 339 g/mol. The Morgan fingerprint density at radius 1 is 1.25 bits per heavy atom. The lowest BCUT2D eigenvalue weighted by molar-refractivity contribution is -0.173. The number of ketones is 1. The molecule has 2 aliphatic heterocycles. The SMILES string of the molecule is CC1(C)CC(=O)C2=C(C1)NC1=C(CN=N1)[C@]21CC[C@H](C(F)(F)F)C1. The van der Waals surface area contributed by atoms with E-state index in [1.165, 1.54) is 0 Å². The first-order valence-electron chi connectivity index (χ1n) is 8.34. The number of halogens is 3. The summed E-state index contributed by atoms with van der Waals surface area (Å²) in [5.41, 5.74) is 1.10. The first-order valence-corrected chi connectivity index (χ1v) is 8.34. The van der Waals surface area contributed by atoms with Crippen molar-refractivity contribution in [2.24, 2.45) is 27.0 Å². The van der Waals surface area contributed by atoms with E-state index in [0.717, 1.165) is 11.3 Å². The minimum absolute atomic E-state index is 0.0185. The van der Waals surface area contributed by atoms with Gasteiger partial charge >= 0.3 is 6.18 Å². The standard InChI is InChI=1S/C17H20F3N3O/c1-15(2)6-11-13(12(24)7-15)16(10-8-21-23-14(10)22-11)4-3-9(5-16)17(18,19)20/h9,22H,3-8H2,1-2H3/t9-,16+/m0/s1. The molecular formula is C17H20F3N3O. The van der Waals surface area contributed by atoms with Gasteiger partial charge in [0.2, 0.25) is 0 Å². The smallest absolute Gasteiger partial charge is 0.342 e. The molecule has 130 valence electrons. The summed E-state index contributed by atoms with van der Waals surface area (Å²) in [6.45, 7) is 4.31. The molecule has 4 aliphatic rings. The third-order valence-electron chi connectivity index (χ3n) is 5.86. The number of rotatable bonds is 0. The van der Waals surface area contributed by atoms with Crippen molar-refractivity contribution in [1.29, 1.82) is 0 Å². The molecule has 2 aliphatic carbocycles. The van der Waals surface area contributed by atoms with Gasteiger partial charge in [-0.15, -0.1) is 5.11 Å². The van der Waals surface area contributed by atoms with Crippen LogP contribution >= 0.6 is 0 Å². The largest absolute Gasteiger partial charge is 0.391 e. The Morgan fingerprint density at radius 3 is 2.67 bits per heavy atom. The zero-order valence-electron chi connectivity index (χ0n) is 13.8. The molecule has 0 radical (unpaired) electrons. The number of nitrogens with one attached hydrogen (secondary N) is 1. The van der Waals surface area contributed by atoms with Crippen molar-refractivity contribution < 1.29 is 18.0 Å². The maximum absolute atomic E-state index is 13.3. The lowest BCUT2D eigenvalue weighted by atomic mass is 9.62. The summed E-state index contributed by atoms with van der Waals surface area (Å²) in [6.07, 6.45) is -2.82. The Bertz CT molecular complexity index is 717. The highest BCUT2D eigenvalue weighted by atomic mass is 19.4. The highest BCUT2D eigenvalue weighted by Crippen LogP contribution is 2.61. The second-order valence-electron chi connectivity index (χ2n) is 8.21. The molecule has 0 aromatic rings. The van der Waals surface area contributed by atoms with Crippen LogP contribution in [-0.2, 0) is 4.79 Å². The van der Waals surface area contributed by atoms with Gasteiger partial charge in [-0.2, -0.15) is 18.3 Å². The molecule has 0 saturated heterocycles. The van der Waals surface area contributed by atoms with Crippen molar-refractivity contribution in [3.05, 3.63) is 22.7 Å². The highest BCUT2D eigenvalue weighted by molar-refractivity contribution is 6.00. The molecule has 1 spiro atoms. The molecule has 2 heterocycles. The Hall–Kier alpha value is -1.66. The first-order chi connectivity index (χ1) is 11.1. The van der Waals surface area contributed by atoms with Crippen LogP contribution in [0.2, 0.25) is 0 Å². The molecule has 7 heteroatoms. The number of fused-ring (bicyclic) bond motifs is 2. The van der Waals surface area contributed by atoms with E-state index in [0.29, 0.717) is 37.2 Å². The van der Waals surface area contributed by atoms with E-state index in [2.05, 4.69) is 15.5 Å². The van der Waals surface area contributed by atoms with Crippen molar-refractivity contribution in [1.82, 2.24) is 5.32 Å². The highest BCUT2D eigenvalue weighted by Gasteiger charge is 2.58. The maximum Gasteiger partial charge on any atom is 0.391 e. The number of carbonyl (C=O) groups excluding carboxylic acids is 1. The fraction of sp³-hybridized carbons (Fsp3) is 0.706. The molecule has 0 aromatic heterocycles. The molecule has 1 saturated carbocycles. The van der Waals surface area contributed by atoms with Crippen molar-refractivity contribution in [3.63, 3.8) is 0 Å². The fourth-order valence-corrected chi connectivity index (χ4v) is 4.89. The summed E-state index contributed by atoms with van der Waals surface area (Å²) in [5, 5.41) is 11.3. The average Bonchev–Trinajstić information content (AvgIpc) is 3.03. The van der Waals surface area contributed by atoms with E-state index in [1.807, 2.05) is 13.8 Å². The lowest BCUT2D eigenvalue weighted by Gasteiger charge is -2.44. The second kappa shape index (κ2) is 4.70. The molecule has 1 fully saturated rings. The third-order valence-corrected chi connectivity index (χ3v) is 5.86. The number of hydrogen-bond donors (Lipinski definition) is 1. The van der Waals surface area contributed by atoms with Gasteiger partial charge in [0, 0.05) is 28.7 Å². The zero-order valence-corrected chi connectivity index (χ0v) is 13.8. The van der Waals surface area contributed by atoms with E-state index in [-0.39, 0.29) is 24.0 Å². The Labute approximate surface area is 138 Å². The molecular weight excluding hydrogens is 319 g/mol. The number of dihydropyridines is 1. The van der Waals surface area contributed by atoms with Crippen LogP contribution in [0.25, 0.3) is 0 Å². The van der Waals surface area contributed by atoms with Crippen LogP contribution in [0.15, 0.2) is 32.9 Å². The topological polar surface area (TPSA) is 53.8 Å².